The van der Waals surface area contributed by atoms with Gasteiger partial charge in [0.2, 0.25) is 0 Å². The molecule has 1 aromatic carbocycles. The van der Waals surface area contributed by atoms with E-state index in [1.54, 1.807) is 12.2 Å². The first-order valence-corrected chi connectivity index (χ1v) is 5.16. The summed E-state index contributed by atoms with van der Waals surface area (Å²) in [5.41, 5.74) is 5.86. The minimum atomic E-state index is -0.581. The molecule has 0 aliphatic carbocycles. The molecule has 0 unspecified atom stereocenters. The number of carbonyl (C=O) groups is 1. The molecule has 0 heterocycles. The van der Waals surface area contributed by atoms with Crippen LogP contribution < -0.4 is 5.73 Å². The summed E-state index contributed by atoms with van der Waals surface area (Å²) in [6.07, 6.45) is 3.15. The van der Waals surface area contributed by atoms with E-state index in [1.807, 2.05) is 0 Å². The van der Waals surface area contributed by atoms with Crippen molar-refractivity contribution in [3.05, 3.63) is 54.9 Å². The van der Waals surface area contributed by atoms with Crippen molar-refractivity contribution < 1.29 is 9.18 Å². The van der Waals surface area contributed by atoms with Crippen LogP contribution in [-0.2, 0) is 0 Å². The van der Waals surface area contributed by atoms with Gasteiger partial charge in [0.1, 0.15) is 5.82 Å². The smallest absolute Gasteiger partial charge is 0.257 e. The lowest BCUT2D eigenvalue weighted by atomic mass is 10.1. The van der Waals surface area contributed by atoms with Crippen LogP contribution in [0.25, 0.3) is 0 Å². The van der Waals surface area contributed by atoms with Crippen molar-refractivity contribution in [1.82, 2.24) is 4.90 Å². The second-order valence-corrected chi connectivity index (χ2v) is 3.53. The predicted molar refractivity (Wildman–Crippen MR) is 67.1 cm³/mol. The monoisotopic (exact) mass is 234 g/mol. The summed E-state index contributed by atoms with van der Waals surface area (Å²) >= 11 is 0. The Balaban J connectivity index is 3.03. The van der Waals surface area contributed by atoms with Crippen LogP contribution in [-0.4, -0.2) is 23.9 Å². The third kappa shape index (κ3) is 3.17. The first-order chi connectivity index (χ1) is 8.10. The molecule has 17 heavy (non-hydrogen) atoms. The van der Waals surface area contributed by atoms with E-state index in [4.69, 9.17) is 5.73 Å². The van der Waals surface area contributed by atoms with Crippen LogP contribution in [0.15, 0.2) is 43.5 Å². The van der Waals surface area contributed by atoms with E-state index in [2.05, 4.69) is 13.2 Å². The Morgan fingerprint density at radius 2 is 1.94 bits per heavy atom. The van der Waals surface area contributed by atoms with Gasteiger partial charge in [-0.25, -0.2) is 4.39 Å². The van der Waals surface area contributed by atoms with Crippen molar-refractivity contribution in [2.24, 2.45) is 0 Å². The highest BCUT2D eigenvalue weighted by atomic mass is 19.1. The minimum Gasteiger partial charge on any atom is -0.399 e. The van der Waals surface area contributed by atoms with Gasteiger partial charge in [-0.3, -0.25) is 4.79 Å². The van der Waals surface area contributed by atoms with Gasteiger partial charge in [-0.05, 0) is 18.2 Å². The zero-order chi connectivity index (χ0) is 12.8. The van der Waals surface area contributed by atoms with Crippen LogP contribution in [0.2, 0.25) is 0 Å². The number of nitrogen functional groups attached to an aromatic ring is 1. The summed E-state index contributed by atoms with van der Waals surface area (Å²) in [6.45, 7) is 7.77. The maximum Gasteiger partial charge on any atom is 0.257 e. The predicted octanol–water partition coefficient (Wildman–Crippen LogP) is 2.22. The molecule has 0 fully saturated rings. The van der Waals surface area contributed by atoms with Crippen molar-refractivity contribution in [3.63, 3.8) is 0 Å². The molecule has 0 bridgehead atoms. The molecule has 0 saturated heterocycles. The molecule has 0 spiro atoms. The number of halogens is 1. The largest absolute Gasteiger partial charge is 0.399 e. The van der Waals surface area contributed by atoms with Crippen molar-refractivity contribution in [2.45, 2.75) is 0 Å². The van der Waals surface area contributed by atoms with Gasteiger partial charge in [-0.15, -0.1) is 13.2 Å². The molecule has 1 rings (SSSR count). The Kier molecular flexibility index (Phi) is 4.46. The fourth-order valence-electron chi connectivity index (χ4n) is 1.43. The number of carbonyl (C=O) groups excluding carboxylic acids is 1. The van der Waals surface area contributed by atoms with Gasteiger partial charge < -0.3 is 10.6 Å². The Hall–Kier alpha value is -2.10. The van der Waals surface area contributed by atoms with Gasteiger partial charge in [-0.2, -0.15) is 0 Å². The summed E-state index contributed by atoms with van der Waals surface area (Å²) in [7, 11) is 0. The van der Waals surface area contributed by atoms with E-state index < -0.39 is 11.7 Å². The van der Waals surface area contributed by atoms with Gasteiger partial charge in [0.05, 0.1) is 5.56 Å². The van der Waals surface area contributed by atoms with E-state index >= 15 is 0 Å². The number of hydrogen-bond acceptors (Lipinski definition) is 2. The molecule has 1 aromatic rings. The van der Waals surface area contributed by atoms with Crippen LogP contribution in [0.1, 0.15) is 10.4 Å². The average molecular weight is 234 g/mol. The lowest BCUT2D eigenvalue weighted by molar-refractivity contribution is 0.0786. The second kappa shape index (κ2) is 5.84. The Morgan fingerprint density at radius 3 is 2.47 bits per heavy atom. The first-order valence-electron chi connectivity index (χ1n) is 5.16. The third-order valence-electron chi connectivity index (χ3n) is 2.21. The highest BCUT2D eigenvalue weighted by Crippen LogP contribution is 2.14. The van der Waals surface area contributed by atoms with Crippen LogP contribution in [0.4, 0.5) is 10.1 Å². The SMILES string of the molecule is C=CCN(CC=C)C(=O)c1cc(N)ccc1F. The van der Waals surface area contributed by atoms with Crippen LogP contribution in [0.5, 0.6) is 0 Å². The van der Waals surface area contributed by atoms with Crippen molar-refractivity contribution in [1.29, 1.82) is 0 Å². The van der Waals surface area contributed by atoms with Gasteiger partial charge in [0.25, 0.3) is 5.91 Å². The van der Waals surface area contributed by atoms with Gasteiger partial charge in [0.15, 0.2) is 0 Å². The van der Waals surface area contributed by atoms with E-state index in [-0.39, 0.29) is 5.56 Å². The molecule has 0 radical (unpaired) electrons. The molecule has 3 nitrogen and oxygen atoms in total. The summed E-state index contributed by atoms with van der Waals surface area (Å²) in [6, 6.07) is 3.93. The molecule has 0 aliphatic rings. The zero-order valence-corrected chi connectivity index (χ0v) is 9.53. The molecule has 1 amide bonds. The molecule has 4 heteroatoms. The summed E-state index contributed by atoms with van der Waals surface area (Å²) in [5.74, 6) is -1.00. The maximum absolute atomic E-state index is 13.5. The second-order valence-electron chi connectivity index (χ2n) is 3.53. The molecular formula is C13H15FN2O. The number of rotatable bonds is 5. The highest BCUT2D eigenvalue weighted by Gasteiger charge is 2.17. The van der Waals surface area contributed by atoms with E-state index in [1.165, 1.54) is 23.1 Å². The molecule has 0 aliphatic heterocycles. The number of benzene rings is 1. The Bertz CT molecular complexity index is 433. The van der Waals surface area contributed by atoms with Crippen molar-refractivity contribution >= 4 is 11.6 Å². The number of nitrogens with zero attached hydrogens (tertiary/aromatic N) is 1. The quantitative estimate of drug-likeness (QED) is 0.627. The number of hydrogen-bond donors (Lipinski definition) is 1. The minimum absolute atomic E-state index is 0.0336. The van der Waals surface area contributed by atoms with Gasteiger partial charge in [0, 0.05) is 18.8 Å². The Morgan fingerprint density at radius 1 is 1.35 bits per heavy atom. The van der Waals surface area contributed by atoms with E-state index in [0.717, 1.165) is 0 Å². The standard InChI is InChI=1S/C13H15FN2O/c1-3-7-16(8-4-2)13(17)11-9-10(15)5-6-12(11)14/h3-6,9H,1-2,7-8,15H2. The van der Waals surface area contributed by atoms with Crippen molar-refractivity contribution in [3.8, 4) is 0 Å². The van der Waals surface area contributed by atoms with E-state index in [9.17, 15) is 9.18 Å². The highest BCUT2D eigenvalue weighted by molar-refractivity contribution is 5.95. The lowest BCUT2D eigenvalue weighted by Gasteiger charge is -2.19. The molecule has 2 N–H and O–H groups in total. The number of nitrogens with two attached hydrogens (primary N) is 1. The number of amides is 1. The molecule has 90 valence electrons. The summed E-state index contributed by atoms with van der Waals surface area (Å²) < 4.78 is 13.5. The fourth-order valence-corrected chi connectivity index (χ4v) is 1.43. The molecule has 0 saturated carbocycles. The van der Waals surface area contributed by atoms with Gasteiger partial charge in [-0.1, -0.05) is 12.2 Å². The molecule has 0 atom stereocenters. The summed E-state index contributed by atoms with van der Waals surface area (Å²) in [5, 5.41) is 0. The maximum atomic E-state index is 13.5. The first kappa shape index (κ1) is 13.0. The zero-order valence-electron chi connectivity index (χ0n) is 9.53. The average Bonchev–Trinajstić information content (AvgIpc) is 2.31. The fraction of sp³-hybridized carbons (Fsp3) is 0.154. The summed E-state index contributed by atoms with van der Waals surface area (Å²) in [4.78, 5) is 13.5. The van der Waals surface area contributed by atoms with Crippen molar-refractivity contribution in [2.75, 3.05) is 18.8 Å². The molecular weight excluding hydrogens is 219 g/mol. The molecule has 0 aromatic heterocycles. The van der Waals surface area contributed by atoms with Crippen LogP contribution >= 0.6 is 0 Å². The lowest BCUT2D eigenvalue weighted by Crippen LogP contribution is -2.32. The van der Waals surface area contributed by atoms with Gasteiger partial charge >= 0.3 is 0 Å². The van der Waals surface area contributed by atoms with Crippen LogP contribution in [0, 0.1) is 5.82 Å². The van der Waals surface area contributed by atoms with Crippen LogP contribution in [0.3, 0.4) is 0 Å². The third-order valence-corrected chi connectivity index (χ3v) is 2.21. The number of anilines is 1. The topological polar surface area (TPSA) is 46.3 Å². The normalized spacial score (nSPS) is 9.71. The Labute approximate surface area is 100 Å². The van der Waals surface area contributed by atoms with E-state index in [0.29, 0.717) is 18.8 Å².